The SMILES string of the molecule is c1ccc(C(c2ccccc2)(c2ccccn2)c2ncc[nH]2)cc1. The number of hydrogen-bond donors (Lipinski definition) is 1. The Labute approximate surface area is 141 Å². The van der Waals surface area contributed by atoms with Crippen LogP contribution in [0.15, 0.2) is 97.5 Å². The van der Waals surface area contributed by atoms with Crippen LogP contribution < -0.4 is 0 Å². The Balaban J connectivity index is 2.12. The summed E-state index contributed by atoms with van der Waals surface area (Å²) < 4.78 is 0. The lowest BCUT2D eigenvalue weighted by molar-refractivity contribution is 0.667. The Bertz CT molecular complexity index is 789. The van der Waals surface area contributed by atoms with Crippen LogP contribution in [0.4, 0.5) is 0 Å². The summed E-state index contributed by atoms with van der Waals surface area (Å²) in [5.74, 6) is 0.860. The van der Waals surface area contributed by atoms with Crippen LogP contribution in [0.25, 0.3) is 0 Å². The van der Waals surface area contributed by atoms with Gasteiger partial charge in [0.15, 0.2) is 0 Å². The van der Waals surface area contributed by atoms with Crippen molar-refractivity contribution in [2.75, 3.05) is 0 Å². The minimum atomic E-state index is -0.576. The van der Waals surface area contributed by atoms with Gasteiger partial charge in [-0.05, 0) is 23.3 Å². The van der Waals surface area contributed by atoms with Crippen LogP contribution in [0.3, 0.4) is 0 Å². The molecule has 0 radical (unpaired) electrons. The highest BCUT2D eigenvalue weighted by Crippen LogP contribution is 2.42. The van der Waals surface area contributed by atoms with Crippen LogP contribution in [0.5, 0.6) is 0 Å². The molecule has 4 aromatic rings. The lowest BCUT2D eigenvalue weighted by Gasteiger charge is -2.33. The zero-order chi connectivity index (χ0) is 16.2. The van der Waals surface area contributed by atoms with Gasteiger partial charge in [0, 0.05) is 18.6 Å². The fourth-order valence-electron chi connectivity index (χ4n) is 3.29. The number of nitrogens with one attached hydrogen (secondary N) is 1. The van der Waals surface area contributed by atoms with E-state index in [0.29, 0.717) is 0 Å². The minimum absolute atomic E-state index is 0.576. The van der Waals surface area contributed by atoms with Crippen LogP contribution >= 0.6 is 0 Å². The Morgan fingerprint density at radius 2 is 1.25 bits per heavy atom. The molecule has 0 atom stereocenters. The standard InChI is InChI=1S/C21H17N3/c1-3-9-17(10-4-1)21(20-23-15-16-24-20,18-11-5-2-6-12-18)19-13-7-8-14-22-19/h1-16H,(H,23,24). The van der Waals surface area contributed by atoms with Crippen molar-refractivity contribution >= 4 is 0 Å². The van der Waals surface area contributed by atoms with Gasteiger partial charge >= 0.3 is 0 Å². The van der Waals surface area contributed by atoms with Gasteiger partial charge in [0.05, 0.1) is 5.69 Å². The first kappa shape index (κ1) is 14.4. The molecule has 0 aliphatic rings. The molecule has 116 valence electrons. The molecule has 0 unspecified atom stereocenters. The van der Waals surface area contributed by atoms with E-state index in [9.17, 15) is 0 Å². The Hall–Kier alpha value is -3.20. The van der Waals surface area contributed by atoms with Gasteiger partial charge in [-0.1, -0.05) is 66.7 Å². The molecule has 2 aromatic heterocycles. The Morgan fingerprint density at radius 1 is 0.625 bits per heavy atom. The second-order valence-electron chi connectivity index (χ2n) is 5.63. The maximum Gasteiger partial charge on any atom is 0.127 e. The van der Waals surface area contributed by atoms with Gasteiger partial charge in [-0.3, -0.25) is 4.98 Å². The molecular weight excluding hydrogens is 294 g/mol. The molecule has 2 aromatic carbocycles. The fraction of sp³-hybridized carbons (Fsp3) is 0.0476. The van der Waals surface area contributed by atoms with Gasteiger partial charge in [0.25, 0.3) is 0 Å². The number of imidazole rings is 1. The molecule has 3 nitrogen and oxygen atoms in total. The second kappa shape index (κ2) is 6.13. The number of pyridine rings is 1. The average molecular weight is 311 g/mol. The highest BCUT2D eigenvalue weighted by molar-refractivity contribution is 5.54. The van der Waals surface area contributed by atoms with Crippen molar-refractivity contribution in [1.82, 2.24) is 15.0 Å². The molecule has 0 amide bonds. The maximum atomic E-state index is 4.70. The van der Waals surface area contributed by atoms with Gasteiger partial charge in [-0.25, -0.2) is 4.98 Å². The van der Waals surface area contributed by atoms with Crippen molar-refractivity contribution in [3.63, 3.8) is 0 Å². The monoisotopic (exact) mass is 311 g/mol. The van der Waals surface area contributed by atoms with E-state index in [1.165, 1.54) is 0 Å². The quantitative estimate of drug-likeness (QED) is 0.614. The predicted octanol–water partition coefficient (Wildman–Crippen LogP) is 4.19. The van der Waals surface area contributed by atoms with Gasteiger partial charge in [-0.2, -0.15) is 0 Å². The summed E-state index contributed by atoms with van der Waals surface area (Å²) in [6, 6.07) is 26.8. The molecule has 0 fully saturated rings. The summed E-state index contributed by atoms with van der Waals surface area (Å²) in [5, 5.41) is 0. The van der Waals surface area contributed by atoms with E-state index in [4.69, 9.17) is 4.98 Å². The third-order valence-electron chi connectivity index (χ3n) is 4.32. The molecule has 3 heteroatoms. The van der Waals surface area contributed by atoms with E-state index in [1.54, 1.807) is 6.20 Å². The Kier molecular flexibility index (Phi) is 3.67. The fourth-order valence-corrected chi connectivity index (χ4v) is 3.29. The lowest BCUT2D eigenvalue weighted by Crippen LogP contribution is -2.33. The van der Waals surface area contributed by atoms with Crippen molar-refractivity contribution in [3.8, 4) is 0 Å². The molecule has 0 spiro atoms. The largest absolute Gasteiger partial charge is 0.347 e. The van der Waals surface area contributed by atoms with E-state index in [2.05, 4.69) is 64.6 Å². The Morgan fingerprint density at radius 3 is 1.75 bits per heavy atom. The number of rotatable bonds is 4. The minimum Gasteiger partial charge on any atom is -0.347 e. The third-order valence-corrected chi connectivity index (χ3v) is 4.32. The van der Waals surface area contributed by atoms with E-state index in [0.717, 1.165) is 22.6 Å². The van der Waals surface area contributed by atoms with Gasteiger partial charge in [0.1, 0.15) is 11.2 Å². The first-order valence-electron chi connectivity index (χ1n) is 7.95. The summed E-state index contributed by atoms with van der Waals surface area (Å²) in [6.45, 7) is 0. The van der Waals surface area contributed by atoms with Crippen molar-refractivity contribution in [1.29, 1.82) is 0 Å². The van der Waals surface area contributed by atoms with Crippen LogP contribution in [-0.4, -0.2) is 15.0 Å². The highest BCUT2D eigenvalue weighted by Gasteiger charge is 2.41. The van der Waals surface area contributed by atoms with Crippen LogP contribution in [0.2, 0.25) is 0 Å². The molecule has 1 N–H and O–H groups in total. The first-order valence-corrected chi connectivity index (χ1v) is 7.95. The van der Waals surface area contributed by atoms with E-state index in [-0.39, 0.29) is 0 Å². The normalized spacial score (nSPS) is 11.3. The molecule has 4 rings (SSSR count). The van der Waals surface area contributed by atoms with Crippen LogP contribution in [0, 0.1) is 0 Å². The lowest BCUT2D eigenvalue weighted by atomic mass is 9.71. The van der Waals surface area contributed by atoms with Gasteiger partial charge < -0.3 is 4.98 Å². The average Bonchev–Trinajstić information content (AvgIpc) is 3.20. The summed E-state index contributed by atoms with van der Waals surface area (Å²) in [5.41, 5.74) is 2.62. The van der Waals surface area contributed by atoms with Crippen molar-refractivity contribution < 1.29 is 0 Å². The molecule has 0 aliphatic heterocycles. The molecule has 0 aliphatic carbocycles. The number of nitrogens with zero attached hydrogens (tertiary/aromatic N) is 2. The molecular formula is C21H17N3. The molecule has 0 bridgehead atoms. The number of H-pyrrole nitrogens is 1. The summed E-state index contributed by atoms with van der Waals surface area (Å²) in [6.07, 6.45) is 5.48. The first-order chi connectivity index (χ1) is 11.9. The number of benzene rings is 2. The molecule has 2 heterocycles. The van der Waals surface area contributed by atoms with E-state index >= 15 is 0 Å². The van der Waals surface area contributed by atoms with Crippen LogP contribution in [-0.2, 0) is 5.41 Å². The summed E-state index contributed by atoms with van der Waals surface area (Å²) >= 11 is 0. The van der Waals surface area contributed by atoms with Crippen molar-refractivity contribution in [2.24, 2.45) is 0 Å². The predicted molar refractivity (Wildman–Crippen MR) is 94.7 cm³/mol. The second-order valence-corrected chi connectivity index (χ2v) is 5.63. The number of aromatic nitrogens is 3. The van der Waals surface area contributed by atoms with Gasteiger partial charge in [0.2, 0.25) is 0 Å². The van der Waals surface area contributed by atoms with Gasteiger partial charge in [-0.15, -0.1) is 0 Å². The van der Waals surface area contributed by atoms with E-state index < -0.39 is 5.41 Å². The molecule has 0 saturated carbocycles. The summed E-state index contributed by atoms with van der Waals surface area (Å²) in [7, 11) is 0. The van der Waals surface area contributed by atoms with Crippen molar-refractivity contribution in [2.45, 2.75) is 5.41 Å². The van der Waals surface area contributed by atoms with E-state index in [1.807, 2.05) is 36.7 Å². The summed E-state index contributed by atoms with van der Waals surface area (Å²) in [4.78, 5) is 12.6. The highest BCUT2D eigenvalue weighted by atomic mass is 14.9. The molecule has 24 heavy (non-hydrogen) atoms. The number of hydrogen-bond acceptors (Lipinski definition) is 2. The maximum absolute atomic E-state index is 4.70. The molecule has 0 saturated heterocycles. The topological polar surface area (TPSA) is 41.6 Å². The zero-order valence-corrected chi connectivity index (χ0v) is 13.1. The number of aromatic amines is 1. The van der Waals surface area contributed by atoms with Crippen molar-refractivity contribution in [3.05, 3.63) is 120 Å². The smallest absolute Gasteiger partial charge is 0.127 e. The zero-order valence-electron chi connectivity index (χ0n) is 13.1. The third kappa shape index (κ3) is 2.22. The van der Waals surface area contributed by atoms with Crippen LogP contribution in [0.1, 0.15) is 22.6 Å².